The molecule has 1 unspecified atom stereocenters. The number of nitrogens with zero attached hydrogens (tertiary/aromatic N) is 4. The van der Waals surface area contributed by atoms with E-state index in [9.17, 15) is 4.79 Å². The van der Waals surface area contributed by atoms with Gasteiger partial charge in [-0.05, 0) is 42.7 Å². The molecule has 32 heavy (non-hydrogen) atoms. The first-order valence-electron chi connectivity index (χ1n) is 11.1. The molecular weight excluding hydrogens is 408 g/mol. The molecule has 0 saturated carbocycles. The highest BCUT2D eigenvalue weighted by Crippen LogP contribution is 2.38. The number of piperazine rings is 1. The Bertz CT molecular complexity index is 962. The quantitative estimate of drug-likeness (QED) is 0.709. The minimum atomic E-state index is -0.233. The van der Waals surface area contributed by atoms with Crippen molar-refractivity contribution >= 4 is 11.6 Å². The molecule has 1 amide bonds. The number of piperidine rings is 1. The first kappa shape index (κ1) is 21.0. The van der Waals surface area contributed by atoms with Crippen molar-refractivity contribution in [3.05, 3.63) is 48.3 Å². The molecule has 4 heterocycles. The van der Waals surface area contributed by atoms with Crippen LogP contribution in [0.3, 0.4) is 0 Å². The van der Waals surface area contributed by atoms with Crippen LogP contribution in [0.25, 0.3) is 0 Å². The third kappa shape index (κ3) is 4.00. The summed E-state index contributed by atoms with van der Waals surface area (Å²) in [6, 6.07) is 9.99. The topological polar surface area (TPSA) is 67.4 Å². The van der Waals surface area contributed by atoms with Gasteiger partial charge in [0.15, 0.2) is 11.5 Å². The van der Waals surface area contributed by atoms with Gasteiger partial charge in [-0.2, -0.15) is 0 Å². The van der Waals surface area contributed by atoms with Gasteiger partial charge in [0.05, 0.1) is 32.9 Å². The van der Waals surface area contributed by atoms with E-state index >= 15 is 0 Å². The second kappa shape index (κ2) is 8.60. The van der Waals surface area contributed by atoms with E-state index in [1.807, 2.05) is 47.6 Å². The van der Waals surface area contributed by atoms with Crippen LogP contribution in [0.5, 0.6) is 11.5 Å². The minimum Gasteiger partial charge on any atom is -0.493 e. The lowest BCUT2D eigenvalue weighted by Gasteiger charge is -2.39. The lowest BCUT2D eigenvalue weighted by Crippen LogP contribution is -2.53. The Morgan fingerprint density at radius 3 is 2.56 bits per heavy atom. The molecule has 0 N–H and O–H groups in total. The zero-order valence-electron chi connectivity index (χ0n) is 18.7. The molecule has 170 valence electrons. The molecule has 1 spiro atoms. The first-order chi connectivity index (χ1) is 15.6. The Morgan fingerprint density at radius 1 is 1.09 bits per heavy atom. The van der Waals surface area contributed by atoms with Crippen LogP contribution < -0.4 is 14.4 Å². The summed E-state index contributed by atoms with van der Waals surface area (Å²) in [7, 11) is 3.26. The van der Waals surface area contributed by atoms with Crippen molar-refractivity contribution in [1.82, 2.24) is 14.8 Å². The van der Waals surface area contributed by atoms with Crippen molar-refractivity contribution in [2.75, 3.05) is 51.8 Å². The molecule has 5 rings (SSSR count). The molecule has 3 aliphatic heterocycles. The summed E-state index contributed by atoms with van der Waals surface area (Å²) in [5, 5.41) is 0. The van der Waals surface area contributed by atoms with Crippen LogP contribution in [0.4, 0.5) is 5.69 Å². The Morgan fingerprint density at radius 2 is 1.84 bits per heavy atom. The summed E-state index contributed by atoms with van der Waals surface area (Å²) in [5.74, 6) is 1.55. The fourth-order valence-electron chi connectivity index (χ4n) is 5.11. The highest BCUT2D eigenvalue weighted by atomic mass is 16.5. The third-order valence-electron chi connectivity index (χ3n) is 6.84. The van der Waals surface area contributed by atoms with Gasteiger partial charge in [-0.15, -0.1) is 0 Å². The number of carbonyl (C=O) groups is 1. The zero-order chi connectivity index (χ0) is 22.1. The number of benzene rings is 1. The van der Waals surface area contributed by atoms with Gasteiger partial charge in [-0.1, -0.05) is 6.07 Å². The number of methoxy groups -OCH3 is 2. The van der Waals surface area contributed by atoms with E-state index in [1.54, 1.807) is 14.2 Å². The fraction of sp³-hybridized carbons (Fsp3) is 0.500. The summed E-state index contributed by atoms with van der Waals surface area (Å²) >= 11 is 0. The van der Waals surface area contributed by atoms with Crippen LogP contribution in [-0.4, -0.2) is 79.5 Å². The monoisotopic (exact) mass is 438 g/mol. The van der Waals surface area contributed by atoms with E-state index in [0.717, 1.165) is 38.0 Å². The predicted octanol–water partition coefficient (Wildman–Crippen LogP) is 2.14. The standard InChI is InChI=1S/C24H30N4O4/c1-30-20-4-3-18(13-21(20)31-2)14-26-15-22(29)28-17-24(32-23(28)16-26)7-11-27(12-8-24)19-5-9-25-10-6-19/h3-6,9-10,13,23H,7-8,11-12,14-17H2,1-2H3. The molecule has 8 nitrogen and oxygen atoms in total. The lowest BCUT2D eigenvalue weighted by atomic mass is 9.91. The number of hydrogen-bond acceptors (Lipinski definition) is 7. The zero-order valence-corrected chi connectivity index (χ0v) is 18.7. The van der Waals surface area contributed by atoms with Crippen molar-refractivity contribution in [3.8, 4) is 11.5 Å². The second-order valence-corrected chi connectivity index (χ2v) is 8.83. The number of carbonyl (C=O) groups excluding carboxylic acids is 1. The maximum absolute atomic E-state index is 13.0. The molecule has 2 aromatic rings. The third-order valence-corrected chi connectivity index (χ3v) is 6.84. The Labute approximate surface area is 188 Å². The van der Waals surface area contributed by atoms with Crippen LogP contribution >= 0.6 is 0 Å². The van der Waals surface area contributed by atoms with Gasteiger partial charge < -0.3 is 24.0 Å². The van der Waals surface area contributed by atoms with Crippen LogP contribution in [0, 0.1) is 0 Å². The molecule has 3 aliphatic rings. The normalized spacial score (nSPS) is 22.8. The van der Waals surface area contributed by atoms with Gasteiger partial charge in [-0.25, -0.2) is 0 Å². The van der Waals surface area contributed by atoms with Gasteiger partial charge in [0.25, 0.3) is 0 Å². The lowest BCUT2D eigenvalue weighted by molar-refractivity contribution is -0.149. The molecule has 3 fully saturated rings. The highest BCUT2D eigenvalue weighted by molar-refractivity contribution is 5.79. The smallest absolute Gasteiger partial charge is 0.238 e. The number of fused-ring (bicyclic) bond motifs is 1. The number of aromatic nitrogens is 1. The van der Waals surface area contributed by atoms with Crippen LogP contribution in [-0.2, 0) is 16.1 Å². The summed E-state index contributed by atoms with van der Waals surface area (Å²) < 4.78 is 17.3. The van der Waals surface area contributed by atoms with E-state index < -0.39 is 0 Å². The molecule has 3 saturated heterocycles. The number of ether oxygens (including phenoxy) is 3. The molecule has 8 heteroatoms. The number of amides is 1. The van der Waals surface area contributed by atoms with Gasteiger partial charge in [0, 0.05) is 44.3 Å². The molecular formula is C24H30N4O4. The van der Waals surface area contributed by atoms with Gasteiger partial charge in [0.2, 0.25) is 5.91 Å². The van der Waals surface area contributed by atoms with E-state index in [0.29, 0.717) is 31.1 Å². The van der Waals surface area contributed by atoms with Gasteiger partial charge in [-0.3, -0.25) is 14.7 Å². The van der Waals surface area contributed by atoms with E-state index in [2.05, 4.69) is 14.8 Å². The molecule has 0 radical (unpaired) electrons. The van der Waals surface area contributed by atoms with E-state index in [1.165, 1.54) is 5.69 Å². The Balaban J connectivity index is 1.22. The SMILES string of the molecule is COc1ccc(CN2CC(=O)N3CC4(CCN(c5ccncc5)CC4)OC3C2)cc1OC. The number of hydrogen-bond donors (Lipinski definition) is 0. The summed E-state index contributed by atoms with van der Waals surface area (Å²) in [6.45, 7) is 4.35. The average Bonchev–Trinajstić information content (AvgIpc) is 3.18. The molecule has 0 bridgehead atoms. The van der Waals surface area contributed by atoms with Gasteiger partial charge >= 0.3 is 0 Å². The van der Waals surface area contributed by atoms with Crippen molar-refractivity contribution in [2.24, 2.45) is 0 Å². The Hall–Kier alpha value is -2.84. The second-order valence-electron chi connectivity index (χ2n) is 8.83. The summed E-state index contributed by atoms with van der Waals surface area (Å²) in [4.78, 5) is 23.6. The molecule has 1 atom stereocenters. The summed E-state index contributed by atoms with van der Waals surface area (Å²) in [5.41, 5.74) is 2.05. The summed E-state index contributed by atoms with van der Waals surface area (Å²) in [6.07, 6.45) is 5.33. The van der Waals surface area contributed by atoms with Crippen molar-refractivity contribution in [2.45, 2.75) is 31.2 Å². The minimum absolute atomic E-state index is 0.148. The van der Waals surface area contributed by atoms with Crippen molar-refractivity contribution < 1.29 is 19.0 Å². The number of pyridine rings is 1. The molecule has 0 aliphatic carbocycles. The highest BCUT2D eigenvalue weighted by Gasteiger charge is 2.50. The number of rotatable bonds is 5. The van der Waals surface area contributed by atoms with Crippen LogP contribution in [0.1, 0.15) is 18.4 Å². The van der Waals surface area contributed by atoms with Crippen LogP contribution in [0.2, 0.25) is 0 Å². The molecule has 1 aromatic carbocycles. The van der Waals surface area contributed by atoms with Crippen molar-refractivity contribution in [3.63, 3.8) is 0 Å². The predicted molar refractivity (Wildman–Crippen MR) is 120 cm³/mol. The van der Waals surface area contributed by atoms with Crippen LogP contribution in [0.15, 0.2) is 42.7 Å². The fourth-order valence-corrected chi connectivity index (χ4v) is 5.11. The number of anilines is 1. The largest absolute Gasteiger partial charge is 0.493 e. The van der Waals surface area contributed by atoms with E-state index in [-0.39, 0.29) is 17.7 Å². The van der Waals surface area contributed by atoms with Crippen molar-refractivity contribution in [1.29, 1.82) is 0 Å². The van der Waals surface area contributed by atoms with E-state index in [4.69, 9.17) is 14.2 Å². The maximum atomic E-state index is 13.0. The average molecular weight is 439 g/mol. The Kier molecular flexibility index (Phi) is 5.65. The maximum Gasteiger partial charge on any atom is 0.238 e. The first-order valence-corrected chi connectivity index (χ1v) is 11.1. The van der Waals surface area contributed by atoms with Gasteiger partial charge in [0.1, 0.15) is 6.23 Å². The molecule has 1 aromatic heterocycles.